The first kappa shape index (κ1) is 19.4. The average Bonchev–Trinajstić information content (AvgIpc) is 2.71. The van der Waals surface area contributed by atoms with Crippen molar-refractivity contribution < 1.29 is 24.2 Å². The third-order valence-corrected chi connectivity index (χ3v) is 5.06. The van der Waals surface area contributed by atoms with Crippen molar-refractivity contribution in [2.45, 2.75) is 4.90 Å². The lowest BCUT2D eigenvalue weighted by molar-refractivity contribution is -0.137. The van der Waals surface area contributed by atoms with E-state index in [1.54, 1.807) is 54.6 Å². The Hall–Kier alpha value is -3.32. The number of benzene rings is 3. The van der Waals surface area contributed by atoms with Gasteiger partial charge in [0.25, 0.3) is 5.91 Å². The van der Waals surface area contributed by atoms with E-state index in [1.807, 2.05) is 0 Å². The SMILES string of the molecule is COC(=O)CSc1ccc(NC(=O)c2cccc3cccc(C(=O)O)c23)cc1. The maximum absolute atomic E-state index is 12.8. The molecular weight excluding hydrogens is 378 g/mol. The van der Waals surface area contributed by atoms with Gasteiger partial charge in [-0.05, 0) is 41.8 Å². The van der Waals surface area contributed by atoms with Gasteiger partial charge in [-0.2, -0.15) is 0 Å². The van der Waals surface area contributed by atoms with Crippen molar-refractivity contribution in [3.8, 4) is 0 Å². The Balaban J connectivity index is 1.82. The minimum atomic E-state index is -1.09. The lowest BCUT2D eigenvalue weighted by Gasteiger charge is -2.10. The Bertz CT molecular complexity index is 1040. The third-order valence-electron chi connectivity index (χ3n) is 4.08. The van der Waals surface area contributed by atoms with Crippen molar-refractivity contribution in [1.29, 1.82) is 0 Å². The number of amides is 1. The molecule has 3 rings (SSSR count). The fraction of sp³-hybridized carbons (Fsp3) is 0.0952. The van der Waals surface area contributed by atoms with Crippen molar-refractivity contribution in [3.05, 3.63) is 71.8 Å². The Morgan fingerprint density at radius 3 is 2.21 bits per heavy atom. The summed E-state index contributed by atoms with van der Waals surface area (Å²) in [5.74, 6) is -1.59. The fourth-order valence-electron chi connectivity index (χ4n) is 2.74. The number of ether oxygens (including phenoxy) is 1. The van der Waals surface area contributed by atoms with Gasteiger partial charge in [0.2, 0.25) is 0 Å². The lowest BCUT2D eigenvalue weighted by atomic mass is 9.98. The van der Waals surface area contributed by atoms with E-state index in [4.69, 9.17) is 0 Å². The van der Waals surface area contributed by atoms with Crippen LogP contribution >= 0.6 is 11.8 Å². The summed E-state index contributed by atoms with van der Waals surface area (Å²) >= 11 is 1.33. The van der Waals surface area contributed by atoms with E-state index < -0.39 is 11.9 Å². The number of methoxy groups -OCH3 is 1. The first-order valence-corrected chi connectivity index (χ1v) is 9.34. The van der Waals surface area contributed by atoms with Gasteiger partial charge in [0.1, 0.15) is 0 Å². The summed E-state index contributed by atoms with van der Waals surface area (Å²) in [7, 11) is 1.34. The summed E-state index contributed by atoms with van der Waals surface area (Å²) in [4.78, 5) is 36.4. The molecule has 0 aliphatic rings. The number of esters is 1. The largest absolute Gasteiger partial charge is 0.478 e. The molecule has 0 aromatic heterocycles. The number of fused-ring (bicyclic) bond motifs is 1. The molecule has 0 saturated heterocycles. The maximum atomic E-state index is 12.8. The minimum absolute atomic E-state index is 0.0813. The highest BCUT2D eigenvalue weighted by Gasteiger charge is 2.16. The van der Waals surface area contributed by atoms with Crippen LogP contribution < -0.4 is 5.32 Å². The summed E-state index contributed by atoms with van der Waals surface area (Å²) in [5, 5.41) is 13.3. The zero-order valence-corrected chi connectivity index (χ0v) is 15.8. The number of carbonyl (C=O) groups is 3. The Labute approximate surface area is 165 Å². The molecule has 1 amide bonds. The van der Waals surface area contributed by atoms with Crippen LogP contribution in [-0.4, -0.2) is 35.8 Å². The highest BCUT2D eigenvalue weighted by molar-refractivity contribution is 8.00. The summed E-state index contributed by atoms with van der Waals surface area (Å²) in [6.45, 7) is 0. The van der Waals surface area contributed by atoms with E-state index in [1.165, 1.54) is 24.9 Å². The number of carboxylic acids is 1. The summed E-state index contributed by atoms with van der Waals surface area (Å²) in [6.07, 6.45) is 0. The van der Waals surface area contributed by atoms with E-state index in [9.17, 15) is 19.5 Å². The molecule has 3 aromatic rings. The van der Waals surface area contributed by atoms with Crippen molar-refractivity contribution >= 4 is 46.1 Å². The number of rotatable bonds is 6. The normalized spacial score (nSPS) is 10.5. The minimum Gasteiger partial charge on any atom is -0.478 e. The number of thioether (sulfide) groups is 1. The van der Waals surface area contributed by atoms with E-state index in [0.717, 1.165) is 4.90 Å². The molecule has 0 saturated carbocycles. The second-order valence-electron chi connectivity index (χ2n) is 5.86. The standard InChI is InChI=1S/C21H17NO5S/c1-27-18(23)12-28-15-10-8-14(9-11-15)22-20(24)16-6-2-4-13-5-3-7-17(19(13)16)21(25)26/h2-11H,12H2,1H3,(H,22,24)(H,25,26). The monoisotopic (exact) mass is 395 g/mol. The number of anilines is 1. The zero-order valence-electron chi connectivity index (χ0n) is 15.0. The first-order valence-electron chi connectivity index (χ1n) is 8.35. The van der Waals surface area contributed by atoms with Crippen LogP contribution in [0, 0.1) is 0 Å². The predicted molar refractivity (Wildman–Crippen MR) is 108 cm³/mol. The molecule has 0 radical (unpaired) electrons. The third kappa shape index (κ3) is 4.32. The van der Waals surface area contributed by atoms with E-state index in [-0.39, 0.29) is 17.3 Å². The molecule has 2 N–H and O–H groups in total. The summed E-state index contributed by atoms with van der Waals surface area (Å²) in [6, 6.07) is 17.0. The molecule has 0 atom stereocenters. The predicted octanol–water partition coefficient (Wildman–Crippen LogP) is 4.06. The van der Waals surface area contributed by atoms with Gasteiger partial charge < -0.3 is 15.2 Å². The van der Waals surface area contributed by atoms with E-state index in [2.05, 4.69) is 10.1 Å². The molecule has 6 nitrogen and oxygen atoms in total. The molecule has 0 bridgehead atoms. The van der Waals surface area contributed by atoms with Crippen LogP contribution in [0.25, 0.3) is 10.8 Å². The average molecular weight is 395 g/mol. The number of nitrogens with one attached hydrogen (secondary N) is 1. The quantitative estimate of drug-likeness (QED) is 0.483. The molecule has 0 aliphatic heterocycles. The molecule has 28 heavy (non-hydrogen) atoms. The Morgan fingerprint density at radius 1 is 0.964 bits per heavy atom. The molecule has 0 heterocycles. The van der Waals surface area contributed by atoms with Crippen molar-refractivity contribution in [2.75, 3.05) is 18.2 Å². The number of hydrogen-bond donors (Lipinski definition) is 2. The number of aromatic carboxylic acids is 1. The molecular formula is C21H17NO5S. The molecule has 0 aliphatic carbocycles. The van der Waals surface area contributed by atoms with Crippen LogP contribution in [0.5, 0.6) is 0 Å². The molecule has 0 fully saturated rings. The zero-order chi connectivity index (χ0) is 20.1. The van der Waals surface area contributed by atoms with Gasteiger partial charge >= 0.3 is 11.9 Å². The second kappa shape index (κ2) is 8.58. The molecule has 0 unspecified atom stereocenters. The van der Waals surface area contributed by atoms with Crippen LogP contribution in [-0.2, 0) is 9.53 Å². The van der Waals surface area contributed by atoms with Crippen molar-refractivity contribution in [3.63, 3.8) is 0 Å². The number of carbonyl (C=O) groups excluding carboxylic acids is 2. The maximum Gasteiger partial charge on any atom is 0.336 e. The molecule has 3 aromatic carbocycles. The molecule has 0 spiro atoms. The van der Waals surface area contributed by atoms with Crippen LogP contribution in [0.4, 0.5) is 5.69 Å². The van der Waals surface area contributed by atoms with E-state index >= 15 is 0 Å². The van der Waals surface area contributed by atoms with Crippen LogP contribution in [0.2, 0.25) is 0 Å². The highest BCUT2D eigenvalue weighted by Crippen LogP contribution is 2.25. The van der Waals surface area contributed by atoms with Gasteiger partial charge in [0.05, 0.1) is 18.4 Å². The summed E-state index contributed by atoms with van der Waals surface area (Å²) < 4.78 is 4.60. The first-order chi connectivity index (χ1) is 13.5. The van der Waals surface area contributed by atoms with E-state index in [0.29, 0.717) is 22.0 Å². The van der Waals surface area contributed by atoms with Gasteiger partial charge in [-0.1, -0.05) is 24.3 Å². The van der Waals surface area contributed by atoms with Crippen molar-refractivity contribution in [1.82, 2.24) is 0 Å². The van der Waals surface area contributed by atoms with Gasteiger partial charge in [0, 0.05) is 21.5 Å². The van der Waals surface area contributed by atoms with Crippen LogP contribution in [0.15, 0.2) is 65.6 Å². The van der Waals surface area contributed by atoms with Gasteiger partial charge in [0.15, 0.2) is 0 Å². The molecule has 7 heteroatoms. The van der Waals surface area contributed by atoms with Gasteiger partial charge in [-0.15, -0.1) is 11.8 Å². The summed E-state index contributed by atoms with van der Waals surface area (Å²) in [5.41, 5.74) is 0.940. The second-order valence-corrected chi connectivity index (χ2v) is 6.91. The Morgan fingerprint density at radius 2 is 1.61 bits per heavy atom. The van der Waals surface area contributed by atoms with Gasteiger partial charge in [-0.3, -0.25) is 9.59 Å². The van der Waals surface area contributed by atoms with Gasteiger partial charge in [-0.25, -0.2) is 4.79 Å². The van der Waals surface area contributed by atoms with Crippen molar-refractivity contribution in [2.24, 2.45) is 0 Å². The Kier molecular flexibility index (Phi) is 5.96. The smallest absolute Gasteiger partial charge is 0.336 e. The fourth-order valence-corrected chi connectivity index (χ4v) is 3.47. The number of hydrogen-bond acceptors (Lipinski definition) is 5. The highest BCUT2D eigenvalue weighted by atomic mass is 32.2. The number of carboxylic acid groups (broad SMARTS) is 1. The van der Waals surface area contributed by atoms with Crippen LogP contribution in [0.1, 0.15) is 20.7 Å². The van der Waals surface area contributed by atoms with Crippen LogP contribution in [0.3, 0.4) is 0 Å². The molecule has 142 valence electrons. The lowest BCUT2D eigenvalue weighted by Crippen LogP contribution is -2.13. The topological polar surface area (TPSA) is 92.7 Å².